The van der Waals surface area contributed by atoms with Crippen molar-refractivity contribution in [3.63, 3.8) is 0 Å². The van der Waals surface area contributed by atoms with E-state index in [0.29, 0.717) is 0 Å². The van der Waals surface area contributed by atoms with Crippen molar-refractivity contribution in [2.24, 2.45) is 0 Å². The molecule has 0 amide bonds. The molecule has 0 spiro atoms. The third-order valence-electron chi connectivity index (χ3n) is 7.56. The zero-order chi connectivity index (χ0) is 26.4. The Kier molecular flexibility index (Phi) is 5.48. The maximum Gasteiger partial charge on any atom is 0.153 e. The first-order valence-corrected chi connectivity index (χ1v) is 13.3. The molecule has 0 unspecified atom stereocenters. The molecule has 190 valence electrons. The summed E-state index contributed by atoms with van der Waals surface area (Å²) in [5, 5.41) is 10.1. The van der Waals surface area contributed by atoms with Crippen molar-refractivity contribution in [3.05, 3.63) is 132 Å². The number of pyridine rings is 2. The van der Waals surface area contributed by atoms with E-state index in [2.05, 4.69) is 99.0 Å². The predicted molar refractivity (Wildman–Crippen MR) is 153 cm³/mol. The SMILES string of the molecule is CC1(C)c2cccc(n2)-n2cc(c(-c3ccccc3)n2)CCc2cn(nc2-c2ccccc2)-c2cccc1n2. The molecule has 0 radical (unpaired) electrons. The number of aryl methyl sites for hydroxylation is 2. The van der Waals surface area contributed by atoms with E-state index in [1.807, 2.05) is 33.6 Å². The van der Waals surface area contributed by atoms with Crippen molar-refractivity contribution in [1.29, 1.82) is 0 Å². The van der Waals surface area contributed by atoms with Gasteiger partial charge in [-0.2, -0.15) is 10.2 Å². The molecule has 0 fully saturated rings. The summed E-state index contributed by atoms with van der Waals surface area (Å²) >= 11 is 0. The number of hydrogen-bond donors (Lipinski definition) is 0. The summed E-state index contributed by atoms with van der Waals surface area (Å²) in [4.78, 5) is 10.2. The minimum atomic E-state index is -0.428. The molecule has 39 heavy (non-hydrogen) atoms. The fraction of sp³-hybridized carbons (Fsp3) is 0.152. The van der Waals surface area contributed by atoms with Gasteiger partial charge in [0.15, 0.2) is 11.6 Å². The van der Waals surface area contributed by atoms with Crippen LogP contribution in [0.25, 0.3) is 34.2 Å². The molecule has 0 saturated heterocycles. The Morgan fingerprint density at radius 1 is 0.538 bits per heavy atom. The highest BCUT2D eigenvalue weighted by Crippen LogP contribution is 2.32. The van der Waals surface area contributed by atoms with Crippen molar-refractivity contribution in [2.75, 3.05) is 0 Å². The number of aromatic nitrogens is 6. The average Bonchev–Trinajstić information content (AvgIpc) is 3.62. The van der Waals surface area contributed by atoms with E-state index in [9.17, 15) is 0 Å². The molecular formula is C33H28N6. The molecular weight excluding hydrogens is 480 g/mol. The van der Waals surface area contributed by atoms with Gasteiger partial charge in [-0.3, -0.25) is 0 Å². The van der Waals surface area contributed by atoms with Gasteiger partial charge in [0.25, 0.3) is 0 Å². The standard InChI is InChI=1S/C33H28N6/c1-33(2)27-15-9-17-29(34-27)38-21-25(31(36-38)23-11-5-3-6-12-23)19-20-26-22-39(30-18-10-16-28(33)35-30)37-32(26)24-13-7-4-8-14-24/h3-18,21-22H,19-20H2,1-2H3. The molecule has 6 heteroatoms. The topological polar surface area (TPSA) is 61.4 Å². The van der Waals surface area contributed by atoms with Crippen LogP contribution in [0.15, 0.2) is 109 Å². The van der Waals surface area contributed by atoms with Crippen molar-refractivity contribution in [3.8, 4) is 34.2 Å². The smallest absolute Gasteiger partial charge is 0.153 e. The summed E-state index contributed by atoms with van der Waals surface area (Å²) in [7, 11) is 0. The highest BCUT2D eigenvalue weighted by molar-refractivity contribution is 5.65. The lowest BCUT2D eigenvalue weighted by molar-refractivity contribution is 0.588. The molecule has 1 aliphatic heterocycles. The van der Waals surface area contributed by atoms with Gasteiger partial charge in [0, 0.05) is 28.9 Å². The molecule has 6 nitrogen and oxygen atoms in total. The van der Waals surface area contributed by atoms with Gasteiger partial charge < -0.3 is 0 Å². The van der Waals surface area contributed by atoms with Crippen LogP contribution < -0.4 is 0 Å². The number of fused-ring (bicyclic) bond motifs is 10. The average molecular weight is 509 g/mol. The lowest BCUT2D eigenvalue weighted by Crippen LogP contribution is -2.23. The lowest BCUT2D eigenvalue weighted by atomic mass is 9.84. The monoisotopic (exact) mass is 508 g/mol. The quantitative estimate of drug-likeness (QED) is 0.264. The third kappa shape index (κ3) is 4.14. The first-order valence-electron chi connectivity index (χ1n) is 13.3. The van der Waals surface area contributed by atoms with Gasteiger partial charge >= 0.3 is 0 Å². The Bertz CT molecular complexity index is 1650. The van der Waals surface area contributed by atoms with Crippen molar-refractivity contribution in [2.45, 2.75) is 32.1 Å². The molecule has 2 aromatic carbocycles. The first-order chi connectivity index (χ1) is 19.1. The van der Waals surface area contributed by atoms with Crippen molar-refractivity contribution >= 4 is 0 Å². The zero-order valence-corrected chi connectivity index (χ0v) is 22.0. The van der Waals surface area contributed by atoms with Crippen molar-refractivity contribution in [1.82, 2.24) is 29.5 Å². The van der Waals surface area contributed by atoms with Crippen molar-refractivity contribution < 1.29 is 0 Å². The molecule has 5 heterocycles. The van der Waals surface area contributed by atoms with Gasteiger partial charge in [0.2, 0.25) is 0 Å². The van der Waals surface area contributed by atoms with Gasteiger partial charge in [-0.1, -0.05) is 72.8 Å². The van der Waals surface area contributed by atoms with Crippen LogP contribution in [0.4, 0.5) is 0 Å². The fourth-order valence-electron chi connectivity index (χ4n) is 5.30. The number of rotatable bonds is 2. The van der Waals surface area contributed by atoms with Crippen LogP contribution in [0.1, 0.15) is 36.4 Å². The van der Waals surface area contributed by atoms with E-state index < -0.39 is 5.41 Å². The van der Waals surface area contributed by atoms with E-state index in [4.69, 9.17) is 20.2 Å². The lowest BCUT2D eigenvalue weighted by Gasteiger charge is -2.24. The molecule has 6 aromatic rings. The number of hydrogen-bond acceptors (Lipinski definition) is 4. The van der Waals surface area contributed by atoms with Crippen LogP contribution in [0, 0.1) is 0 Å². The predicted octanol–water partition coefficient (Wildman–Crippen LogP) is 6.61. The molecule has 7 rings (SSSR count). The molecule has 0 saturated carbocycles. The Morgan fingerprint density at radius 3 is 1.41 bits per heavy atom. The van der Waals surface area contributed by atoms with Gasteiger partial charge in [-0.15, -0.1) is 0 Å². The summed E-state index contributed by atoms with van der Waals surface area (Å²) in [6.45, 7) is 4.33. The minimum absolute atomic E-state index is 0.428. The molecule has 1 aliphatic rings. The highest BCUT2D eigenvalue weighted by Gasteiger charge is 2.28. The summed E-state index contributed by atoms with van der Waals surface area (Å²) in [5.41, 5.74) is 7.95. The largest absolute Gasteiger partial charge is 0.233 e. The molecule has 8 bridgehead atoms. The van der Waals surface area contributed by atoms with Gasteiger partial charge in [-0.05, 0) is 62.1 Å². The molecule has 0 atom stereocenters. The Hall–Kier alpha value is -4.84. The zero-order valence-electron chi connectivity index (χ0n) is 22.0. The Morgan fingerprint density at radius 2 is 0.974 bits per heavy atom. The second-order valence-corrected chi connectivity index (χ2v) is 10.5. The van der Waals surface area contributed by atoms with E-state index in [1.165, 1.54) is 11.1 Å². The molecule has 4 aromatic heterocycles. The van der Waals surface area contributed by atoms with E-state index in [0.717, 1.165) is 58.4 Å². The van der Waals surface area contributed by atoms with E-state index in [1.54, 1.807) is 0 Å². The highest BCUT2D eigenvalue weighted by atomic mass is 15.3. The maximum atomic E-state index is 5.08. The summed E-state index contributed by atoms with van der Waals surface area (Å²) in [6.07, 6.45) is 5.89. The van der Waals surface area contributed by atoms with E-state index >= 15 is 0 Å². The first kappa shape index (κ1) is 23.3. The minimum Gasteiger partial charge on any atom is -0.233 e. The van der Waals surface area contributed by atoms with Crippen LogP contribution >= 0.6 is 0 Å². The fourth-order valence-corrected chi connectivity index (χ4v) is 5.30. The normalized spacial score (nSPS) is 13.9. The van der Waals surface area contributed by atoms with Gasteiger partial charge in [0.05, 0.1) is 22.8 Å². The molecule has 0 N–H and O–H groups in total. The van der Waals surface area contributed by atoms with Crippen LogP contribution in [-0.4, -0.2) is 29.5 Å². The second kappa shape index (κ2) is 9.17. The maximum absolute atomic E-state index is 5.08. The number of nitrogens with zero attached hydrogens (tertiary/aromatic N) is 6. The van der Waals surface area contributed by atoms with Crippen LogP contribution in [0.5, 0.6) is 0 Å². The van der Waals surface area contributed by atoms with Gasteiger partial charge in [0.1, 0.15) is 0 Å². The summed E-state index contributed by atoms with van der Waals surface area (Å²) in [6, 6.07) is 33.1. The Labute approximate surface area is 227 Å². The third-order valence-corrected chi connectivity index (χ3v) is 7.56. The second-order valence-electron chi connectivity index (χ2n) is 10.5. The molecule has 0 aliphatic carbocycles. The van der Waals surface area contributed by atoms with Crippen LogP contribution in [-0.2, 0) is 18.3 Å². The van der Waals surface area contributed by atoms with Gasteiger partial charge in [-0.25, -0.2) is 19.3 Å². The Balaban J connectivity index is 1.46. The van der Waals surface area contributed by atoms with Crippen LogP contribution in [0.2, 0.25) is 0 Å². The van der Waals surface area contributed by atoms with Crippen LogP contribution in [0.3, 0.4) is 0 Å². The summed E-state index contributed by atoms with van der Waals surface area (Å²) < 4.78 is 3.84. The number of benzene rings is 2. The summed E-state index contributed by atoms with van der Waals surface area (Å²) in [5.74, 6) is 1.59. The van der Waals surface area contributed by atoms with E-state index in [-0.39, 0.29) is 0 Å².